The van der Waals surface area contributed by atoms with Crippen LogP contribution in [0.5, 0.6) is 0 Å². The molecule has 2 heterocycles. The monoisotopic (exact) mass is 305 g/mol. The van der Waals surface area contributed by atoms with Crippen LogP contribution in [0, 0.1) is 13.8 Å². The van der Waals surface area contributed by atoms with Gasteiger partial charge in [0.25, 0.3) is 0 Å². The van der Waals surface area contributed by atoms with Crippen molar-refractivity contribution in [1.82, 2.24) is 15.0 Å². The Bertz CT molecular complexity index is 786. The molecule has 0 aliphatic rings. The maximum atomic E-state index is 4.49. The van der Waals surface area contributed by atoms with Gasteiger partial charge in [-0.2, -0.15) is 4.98 Å². The Morgan fingerprint density at radius 3 is 2.52 bits per heavy atom. The Kier molecular flexibility index (Phi) is 4.47. The van der Waals surface area contributed by atoms with Crippen molar-refractivity contribution in [2.45, 2.75) is 20.4 Å². The number of anilines is 3. The first-order valence-electron chi connectivity index (χ1n) is 7.51. The zero-order valence-corrected chi connectivity index (χ0v) is 13.2. The molecule has 0 atom stereocenters. The lowest BCUT2D eigenvalue weighted by molar-refractivity contribution is 1.07. The highest BCUT2D eigenvalue weighted by atomic mass is 15.1. The van der Waals surface area contributed by atoms with Crippen LogP contribution in [0.15, 0.2) is 55.0 Å². The van der Waals surface area contributed by atoms with E-state index in [4.69, 9.17) is 0 Å². The van der Waals surface area contributed by atoms with Gasteiger partial charge in [-0.3, -0.25) is 4.98 Å². The van der Waals surface area contributed by atoms with E-state index in [0.29, 0.717) is 12.5 Å². The molecule has 1 aromatic carbocycles. The number of rotatable bonds is 5. The molecular formula is C18H19N5. The van der Waals surface area contributed by atoms with Crippen molar-refractivity contribution >= 4 is 17.5 Å². The van der Waals surface area contributed by atoms with Crippen LogP contribution in [-0.2, 0) is 6.54 Å². The smallest absolute Gasteiger partial charge is 0.229 e. The Morgan fingerprint density at radius 1 is 0.913 bits per heavy atom. The summed E-state index contributed by atoms with van der Waals surface area (Å²) in [6.07, 6.45) is 5.30. The van der Waals surface area contributed by atoms with Gasteiger partial charge in [-0.25, -0.2) is 4.98 Å². The third kappa shape index (κ3) is 4.03. The summed E-state index contributed by atoms with van der Waals surface area (Å²) in [7, 11) is 0. The molecule has 0 aliphatic heterocycles. The quantitative estimate of drug-likeness (QED) is 0.750. The molecule has 5 nitrogen and oxygen atoms in total. The van der Waals surface area contributed by atoms with Crippen molar-refractivity contribution in [3.63, 3.8) is 0 Å². The molecule has 0 amide bonds. The predicted molar refractivity (Wildman–Crippen MR) is 92.8 cm³/mol. The van der Waals surface area contributed by atoms with E-state index in [1.54, 1.807) is 18.6 Å². The Morgan fingerprint density at radius 2 is 1.74 bits per heavy atom. The van der Waals surface area contributed by atoms with Gasteiger partial charge in [0.05, 0.1) is 0 Å². The highest BCUT2D eigenvalue weighted by molar-refractivity contribution is 5.56. The van der Waals surface area contributed by atoms with Gasteiger partial charge in [-0.15, -0.1) is 0 Å². The second kappa shape index (κ2) is 6.87. The van der Waals surface area contributed by atoms with Crippen molar-refractivity contribution in [1.29, 1.82) is 0 Å². The number of hydrogen-bond acceptors (Lipinski definition) is 5. The van der Waals surface area contributed by atoms with Crippen LogP contribution in [0.2, 0.25) is 0 Å². The van der Waals surface area contributed by atoms with Crippen molar-refractivity contribution in [3.8, 4) is 0 Å². The molecule has 2 N–H and O–H groups in total. The zero-order valence-electron chi connectivity index (χ0n) is 13.2. The lowest BCUT2D eigenvalue weighted by Crippen LogP contribution is -2.04. The van der Waals surface area contributed by atoms with Crippen LogP contribution in [-0.4, -0.2) is 15.0 Å². The first kappa shape index (κ1) is 15.0. The fourth-order valence-electron chi connectivity index (χ4n) is 2.16. The summed E-state index contributed by atoms with van der Waals surface area (Å²) in [5.41, 5.74) is 4.65. The van der Waals surface area contributed by atoms with E-state index in [1.165, 1.54) is 11.1 Å². The molecule has 3 rings (SSSR count). The van der Waals surface area contributed by atoms with Gasteiger partial charge < -0.3 is 10.6 Å². The van der Waals surface area contributed by atoms with E-state index in [-0.39, 0.29) is 0 Å². The normalized spacial score (nSPS) is 10.3. The molecule has 0 aliphatic carbocycles. The summed E-state index contributed by atoms with van der Waals surface area (Å²) in [6, 6.07) is 12.0. The number of benzene rings is 1. The van der Waals surface area contributed by atoms with Gasteiger partial charge in [0.2, 0.25) is 5.95 Å². The molecule has 0 saturated heterocycles. The first-order chi connectivity index (χ1) is 11.2. The summed E-state index contributed by atoms with van der Waals surface area (Å²) < 4.78 is 0. The van der Waals surface area contributed by atoms with E-state index in [0.717, 1.165) is 17.1 Å². The standard InChI is InChI=1S/C18H19N5/c1-13-3-4-16(11-14(13)2)22-18-20-10-7-17(23-18)21-12-15-5-8-19-9-6-15/h3-11H,12H2,1-2H3,(H2,20,21,22,23). The molecule has 0 bridgehead atoms. The minimum atomic E-state index is 0.577. The average Bonchev–Trinajstić information content (AvgIpc) is 2.58. The molecule has 0 unspecified atom stereocenters. The Labute approximate surface area is 135 Å². The molecule has 0 spiro atoms. The van der Waals surface area contributed by atoms with Crippen LogP contribution < -0.4 is 10.6 Å². The van der Waals surface area contributed by atoms with Gasteiger partial charge >= 0.3 is 0 Å². The van der Waals surface area contributed by atoms with E-state index in [1.807, 2.05) is 24.3 Å². The third-order valence-electron chi connectivity index (χ3n) is 3.64. The second-order valence-corrected chi connectivity index (χ2v) is 5.40. The maximum Gasteiger partial charge on any atom is 0.229 e. The highest BCUT2D eigenvalue weighted by Crippen LogP contribution is 2.18. The summed E-state index contributed by atoms with van der Waals surface area (Å²) in [5, 5.41) is 6.53. The molecule has 0 fully saturated rings. The van der Waals surface area contributed by atoms with E-state index >= 15 is 0 Å². The van der Waals surface area contributed by atoms with Crippen molar-refractivity contribution in [2.24, 2.45) is 0 Å². The topological polar surface area (TPSA) is 62.7 Å². The molecule has 0 saturated carbocycles. The number of hydrogen-bond donors (Lipinski definition) is 2. The van der Waals surface area contributed by atoms with Gasteiger partial charge in [-0.05, 0) is 60.9 Å². The molecule has 3 aromatic rings. The Balaban J connectivity index is 1.68. The SMILES string of the molecule is Cc1ccc(Nc2nccc(NCc3ccncc3)n2)cc1C. The van der Waals surface area contributed by atoms with Crippen molar-refractivity contribution in [3.05, 3.63) is 71.7 Å². The average molecular weight is 305 g/mol. The molecule has 23 heavy (non-hydrogen) atoms. The molecule has 116 valence electrons. The Hall–Kier alpha value is -2.95. The van der Waals surface area contributed by atoms with Crippen LogP contribution in [0.4, 0.5) is 17.5 Å². The van der Waals surface area contributed by atoms with Gasteiger partial charge in [-0.1, -0.05) is 6.07 Å². The van der Waals surface area contributed by atoms with E-state index in [2.05, 4.69) is 51.6 Å². The van der Waals surface area contributed by atoms with Crippen LogP contribution in [0.3, 0.4) is 0 Å². The molecular weight excluding hydrogens is 286 g/mol. The van der Waals surface area contributed by atoms with Crippen LogP contribution in [0.25, 0.3) is 0 Å². The van der Waals surface area contributed by atoms with E-state index < -0.39 is 0 Å². The van der Waals surface area contributed by atoms with Gasteiger partial charge in [0.15, 0.2) is 0 Å². The van der Waals surface area contributed by atoms with Gasteiger partial charge in [0.1, 0.15) is 5.82 Å². The number of nitrogens with one attached hydrogen (secondary N) is 2. The largest absolute Gasteiger partial charge is 0.366 e. The summed E-state index contributed by atoms with van der Waals surface area (Å²) in [4.78, 5) is 12.8. The van der Waals surface area contributed by atoms with Crippen molar-refractivity contribution in [2.75, 3.05) is 10.6 Å². The lowest BCUT2D eigenvalue weighted by Gasteiger charge is -2.09. The summed E-state index contributed by atoms with van der Waals surface area (Å²) in [5.74, 6) is 1.36. The fourth-order valence-corrected chi connectivity index (χ4v) is 2.16. The molecule has 0 radical (unpaired) electrons. The predicted octanol–water partition coefficient (Wildman–Crippen LogP) is 3.84. The van der Waals surface area contributed by atoms with Gasteiger partial charge in [0, 0.05) is 30.8 Å². The zero-order chi connectivity index (χ0) is 16.1. The van der Waals surface area contributed by atoms with E-state index in [9.17, 15) is 0 Å². The third-order valence-corrected chi connectivity index (χ3v) is 3.64. The van der Waals surface area contributed by atoms with Crippen molar-refractivity contribution < 1.29 is 0 Å². The second-order valence-electron chi connectivity index (χ2n) is 5.40. The number of pyridine rings is 1. The number of nitrogens with zero attached hydrogens (tertiary/aromatic N) is 3. The summed E-state index contributed by atoms with van der Waals surface area (Å²) in [6.45, 7) is 4.88. The number of aromatic nitrogens is 3. The van der Waals surface area contributed by atoms with Crippen LogP contribution >= 0.6 is 0 Å². The van der Waals surface area contributed by atoms with Crippen LogP contribution in [0.1, 0.15) is 16.7 Å². The highest BCUT2D eigenvalue weighted by Gasteiger charge is 2.02. The summed E-state index contributed by atoms with van der Waals surface area (Å²) >= 11 is 0. The molecule has 2 aromatic heterocycles. The lowest BCUT2D eigenvalue weighted by atomic mass is 10.1. The minimum Gasteiger partial charge on any atom is -0.366 e. The first-order valence-corrected chi connectivity index (χ1v) is 7.51. The minimum absolute atomic E-state index is 0.577. The number of aryl methyl sites for hydroxylation is 2. The maximum absolute atomic E-state index is 4.49. The fraction of sp³-hybridized carbons (Fsp3) is 0.167. The molecule has 5 heteroatoms.